The van der Waals surface area contributed by atoms with E-state index in [1.54, 1.807) is 19.1 Å². The second kappa shape index (κ2) is 8.65. The first-order valence-corrected chi connectivity index (χ1v) is 10.4. The fourth-order valence-electron chi connectivity index (χ4n) is 2.92. The van der Waals surface area contributed by atoms with E-state index in [9.17, 15) is 17.6 Å². The maximum Gasteiger partial charge on any atom is 0.240 e. The molecule has 3 aromatic rings. The van der Waals surface area contributed by atoms with Crippen LogP contribution in [0.15, 0.2) is 71.6 Å². The van der Waals surface area contributed by atoms with E-state index in [0.717, 1.165) is 5.56 Å². The van der Waals surface area contributed by atoms with Gasteiger partial charge in [0.2, 0.25) is 10.0 Å². The van der Waals surface area contributed by atoms with Crippen LogP contribution in [-0.4, -0.2) is 25.9 Å². The fraction of sp³-hybridized carbons (Fsp3) is 0.136. The average molecular weight is 413 g/mol. The number of aryl methyl sites for hydroxylation is 1. The van der Waals surface area contributed by atoms with E-state index in [1.165, 1.54) is 24.3 Å². The minimum Gasteiger partial charge on any atom is -0.392 e. The number of carbonyl (C=O) groups excluding carboxylic acids is 1. The Hall–Kier alpha value is -2.87. The van der Waals surface area contributed by atoms with Crippen molar-refractivity contribution in [2.75, 3.05) is 6.54 Å². The second-order valence-electron chi connectivity index (χ2n) is 6.57. The smallest absolute Gasteiger partial charge is 0.240 e. The number of hydrogen-bond donors (Lipinski definition) is 2. The van der Waals surface area contributed by atoms with Crippen molar-refractivity contribution in [2.45, 2.75) is 18.4 Å². The highest BCUT2D eigenvalue weighted by Gasteiger charge is 2.20. The van der Waals surface area contributed by atoms with Gasteiger partial charge in [0, 0.05) is 0 Å². The highest BCUT2D eigenvalue weighted by Crippen LogP contribution is 2.25. The second-order valence-corrected chi connectivity index (χ2v) is 8.34. The minimum atomic E-state index is -3.99. The van der Waals surface area contributed by atoms with Crippen molar-refractivity contribution in [1.82, 2.24) is 4.72 Å². The molecule has 29 heavy (non-hydrogen) atoms. The Morgan fingerprint density at radius 1 is 1.00 bits per heavy atom. The highest BCUT2D eigenvalue weighted by atomic mass is 32.2. The number of ketones is 1. The predicted octanol–water partition coefficient (Wildman–Crippen LogP) is 3.45. The Morgan fingerprint density at radius 2 is 1.72 bits per heavy atom. The van der Waals surface area contributed by atoms with Crippen LogP contribution in [0.1, 0.15) is 21.5 Å². The molecule has 3 rings (SSSR count). The van der Waals surface area contributed by atoms with E-state index in [-0.39, 0.29) is 17.1 Å². The number of aliphatic hydroxyl groups is 1. The minimum absolute atomic E-state index is 0.0773. The van der Waals surface area contributed by atoms with Gasteiger partial charge < -0.3 is 5.11 Å². The molecule has 5 nitrogen and oxygen atoms in total. The number of sulfonamides is 1. The molecule has 0 saturated heterocycles. The van der Waals surface area contributed by atoms with Gasteiger partial charge >= 0.3 is 0 Å². The van der Waals surface area contributed by atoms with Crippen LogP contribution < -0.4 is 4.72 Å². The van der Waals surface area contributed by atoms with E-state index in [4.69, 9.17) is 5.11 Å². The van der Waals surface area contributed by atoms with Gasteiger partial charge in [0.25, 0.3) is 0 Å². The lowest BCUT2D eigenvalue weighted by Gasteiger charge is -2.11. The summed E-state index contributed by atoms with van der Waals surface area (Å²) in [5.74, 6) is -1.35. The van der Waals surface area contributed by atoms with Crippen LogP contribution in [-0.2, 0) is 16.6 Å². The summed E-state index contributed by atoms with van der Waals surface area (Å²) < 4.78 is 41.6. The van der Waals surface area contributed by atoms with Gasteiger partial charge in [-0.15, -0.1) is 0 Å². The monoisotopic (exact) mass is 413 g/mol. The summed E-state index contributed by atoms with van der Waals surface area (Å²) in [4.78, 5) is 12.5. The van der Waals surface area contributed by atoms with Gasteiger partial charge in [-0.25, -0.2) is 17.5 Å². The molecule has 150 valence electrons. The molecule has 7 heteroatoms. The Kier molecular flexibility index (Phi) is 6.22. The topological polar surface area (TPSA) is 83.5 Å². The van der Waals surface area contributed by atoms with Crippen molar-refractivity contribution in [3.05, 3.63) is 89.2 Å². The third-order valence-electron chi connectivity index (χ3n) is 4.48. The third kappa shape index (κ3) is 4.76. The lowest BCUT2D eigenvalue weighted by atomic mass is 9.98. The average Bonchev–Trinajstić information content (AvgIpc) is 2.74. The van der Waals surface area contributed by atoms with Gasteiger partial charge in [0.1, 0.15) is 5.82 Å². The van der Waals surface area contributed by atoms with Crippen LogP contribution >= 0.6 is 0 Å². The number of hydrogen-bond acceptors (Lipinski definition) is 4. The summed E-state index contributed by atoms with van der Waals surface area (Å²) in [7, 11) is -3.99. The number of nitrogens with one attached hydrogen (secondary N) is 1. The van der Waals surface area contributed by atoms with E-state index < -0.39 is 28.2 Å². The molecule has 0 amide bonds. The van der Waals surface area contributed by atoms with Gasteiger partial charge in [-0.3, -0.25) is 4.79 Å². The van der Waals surface area contributed by atoms with Crippen LogP contribution in [0.25, 0.3) is 11.1 Å². The number of halogens is 1. The molecule has 0 heterocycles. The Labute approximate surface area is 168 Å². The summed E-state index contributed by atoms with van der Waals surface area (Å²) in [6.07, 6.45) is 0. The Morgan fingerprint density at radius 3 is 2.41 bits per heavy atom. The number of carbonyl (C=O) groups is 1. The van der Waals surface area contributed by atoms with Crippen molar-refractivity contribution in [1.29, 1.82) is 0 Å². The van der Waals surface area contributed by atoms with E-state index in [0.29, 0.717) is 16.7 Å². The highest BCUT2D eigenvalue weighted by molar-refractivity contribution is 7.89. The third-order valence-corrected chi connectivity index (χ3v) is 5.88. The fourth-order valence-corrected chi connectivity index (χ4v) is 3.97. The van der Waals surface area contributed by atoms with Gasteiger partial charge in [-0.2, -0.15) is 0 Å². The predicted molar refractivity (Wildman–Crippen MR) is 108 cm³/mol. The summed E-state index contributed by atoms with van der Waals surface area (Å²) in [5, 5.41) is 9.16. The zero-order valence-corrected chi connectivity index (χ0v) is 16.5. The summed E-state index contributed by atoms with van der Waals surface area (Å²) in [5.41, 5.74) is 2.05. The SMILES string of the molecule is Cc1cc(-c2ccccc2)cc(C(=O)CNS(=O)(=O)c2cccc(CO)c2)c1F. The quantitative estimate of drug-likeness (QED) is 0.581. The molecule has 3 aromatic carbocycles. The molecule has 0 bridgehead atoms. The zero-order chi connectivity index (χ0) is 21.0. The van der Waals surface area contributed by atoms with Gasteiger partial charge in [-0.1, -0.05) is 42.5 Å². The molecule has 0 aliphatic heterocycles. The number of rotatable bonds is 7. The molecule has 0 unspecified atom stereocenters. The molecule has 0 spiro atoms. The Balaban J connectivity index is 1.84. The maximum atomic E-state index is 14.6. The standard InChI is InChI=1S/C22H20FNO4S/c1-15-10-18(17-7-3-2-4-8-17)12-20(22(15)23)21(26)13-24-29(27,28)19-9-5-6-16(11-19)14-25/h2-12,24-25H,13-14H2,1H3. The van der Waals surface area contributed by atoms with Crippen molar-refractivity contribution in [3.63, 3.8) is 0 Å². The van der Waals surface area contributed by atoms with Gasteiger partial charge in [0.15, 0.2) is 5.78 Å². The molecule has 0 aliphatic carbocycles. The normalized spacial score (nSPS) is 11.4. The van der Waals surface area contributed by atoms with Gasteiger partial charge in [0.05, 0.1) is 23.6 Å². The van der Waals surface area contributed by atoms with E-state index in [1.807, 2.05) is 30.3 Å². The number of benzene rings is 3. The van der Waals surface area contributed by atoms with Crippen LogP contribution in [0.2, 0.25) is 0 Å². The first-order valence-electron chi connectivity index (χ1n) is 8.90. The Bertz CT molecular complexity index is 1140. The van der Waals surface area contributed by atoms with Crippen molar-refractivity contribution >= 4 is 15.8 Å². The van der Waals surface area contributed by atoms with Crippen molar-refractivity contribution in [2.24, 2.45) is 0 Å². The molecule has 0 aromatic heterocycles. The van der Waals surface area contributed by atoms with Crippen LogP contribution in [0, 0.1) is 12.7 Å². The van der Waals surface area contributed by atoms with Crippen LogP contribution in [0.3, 0.4) is 0 Å². The lowest BCUT2D eigenvalue weighted by molar-refractivity contribution is 0.0993. The maximum absolute atomic E-state index is 14.6. The molecular formula is C22H20FNO4S. The first-order chi connectivity index (χ1) is 13.8. The molecule has 0 radical (unpaired) electrons. The first kappa shape index (κ1) is 20.9. The summed E-state index contributed by atoms with van der Waals surface area (Å²) >= 11 is 0. The number of Topliss-reactive ketones (excluding diaryl/α,β-unsaturated/α-hetero) is 1. The summed E-state index contributed by atoms with van der Waals surface area (Å²) in [6.45, 7) is 0.669. The zero-order valence-electron chi connectivity index (χ0n) is 15.7. The summed E-state index contributed by atoms with van der Waals surface area (Å²) in [6, 6.07) is 18.0. The van der Waals surface area contributed by atoms with Crippen LogP contribution in [0.5, 0.6) is 0 Å². The molecule has 0 atom stereocenters. The molecular weight excluding hydrogens is 393 g/mol. The molecule has 0 fully saturated rings. The van der Waals surface area contributed by atoms with Crippen molar-refractivity contribution in [3.8, 4) is 11.1 Å². The number of aliphatic hydroxyl groups excluding tert-OH is 1. The lowest BCUT2D eigenvalue weighted by Crippen LogP contribution is -2.30. The molecule has 0 saturated carbocycles. The van der Waals surface area contributed by atoms with Gasteiger partial charge in [-0.05, 0) is 53.4 Å². The molecule has 0 aliphatic rings. The van der Waals surface area contributed by atoms with E-state index >= 15 is 0 Å². The van der Waals surface area contributed by atoms with E-state index in [2.05, 4.69) is 4.72 Å². The molecule has 2 N–H and O–H groups in total. The van der Waals surface area contributed by atoms with Crippen molar-refractivity contribution < 1.29 is 22.7 Å². The van der Waals surface area contributed by atoms with Crippen LogP contribution in [0.4, 0.5) is 4.39 Å². The largest absolute Gasteiger partial charge is 0.392 e.